The number of nitrogens with zero attached hydrogens (tertiary/aromatic N) is 2. The van der Waals surface area contributed by atoms with Crippen LogP contribution in [0.4, 0.5) is 5.82 Å². The summed E-state index contributed by atoms with van der Waals surface area (Å²) in [4.78, 5) is 19.7. The fourth-order valence-electron chi connectivity index (χ4n) is 1.21. The minimum absolute atomic E-state index is 0.167. The van der Waals surface area contributed by atoms with Gasteiger partial charge in [0, 0.05) is 16.9 Å². The summed E-state index contributed by atoms with van der Waals surface area (Å²) in [6.45, 7) is 0. The van der Waals surface area contributed by atoms with E-state index in [1.807, 2.05) is 0 Å². The minimum Gasteiger partial charge on any atom is -0.306 e. The number of anilines is 1. The number of halogens is 2. The summed E-state index contributed by atoms with van der Waals surface area (Å²) >= 11 is 9.11. The van der Waals surface area contributed by atoms with Gasteiger partial charge in [0.05, 0.1) is 5.56 Å². The molecule has 0 aliphatic heterocycles. The maximum Gasteiger partial charge on any atom is 0.259 e. The lowest BCUT2D eigenvalue weighted by molar-refractivity contribution is 0.102. The van der Waals surface area contributed by atoms with Crippen molar-refractivity contribution in [2.45, 2.75) is 0 Å². The number of amides is 1. The van der Waals surface area contributed by atoms with Crippen LogP contribution in [-0.4, -0.2) is 15.9 Å². The van der Waals surface area contributed by atoms with E-state index in [0.29, 0.717) is 11.4 Å². The molecule has 0 saturated carbocycles. The highest BCUT2D eigenvalue weighted by Gasteiger charge is 2.11. The molecule has 86 valence electrons. The molecule has 2 heterocycles. The topological polar surface area (TPSA) is 54.9 Å². The Morgan fingerprint density at radius 1 is 1.29 bits per heavy atom. The predicted molar refractivity (Wildman–Crippen MR) is 69.1 cm³/mol. The third-order valence-corrected chi connectivity index (χ3v) is 2.76. The number of carbonyl (C=O) groups is 1. The van der Waals surface area contributed by atoms with Crippen LogP contribution in [0.15, 0.2) is 41.1 Å². The lowest BCUT2D eigenvalue weighted by atomic mass is 10.2. The molecule has 2 aromatic rings. The van der Waals surface area contributed by atoms with Gasteiger partial charge in [-0.15, -0.1) is 0 Å². The third-order valence-electron chi connectivity index (χ3n) is 1.97. The van der Waals surface area contributed by atoms with Crippen molar-refractivity contribution in [1.29, 1.82) is 0 Å². The van der Waals surface area contributed by atoms with Crippen LogP contribution < -0.4 is 5.32 Å². The van der Waals surface area contributed by atoms with E-state index in [2.05, 4.69) is 31.2 Å². The number of carbonyl (C=O) groups excluding carboxylic acids is 1. The average molecular weight is 313 g/mol. The Morgan fingerprint density at radius 3 is 2.82 bits per heavy atom. The second-order valence-electron chi connectivity index (χ2n) is 3.16. The molecule has 0 atom stereocenters. The Hall–Kier alpha value is -1.46. The van der Waals surface area contributed by atoms with Gasteiger partial charge in [0.2, 0.25) is 0 Å². The quantitative estimate of drug-likeness (QED) is 0.867. The van der Waals surface area contributed by atoms with Gasteiger partial charge in [0.1, 0.15) is 11.0 Å². The standard InChI is InChI=1S/C11H7BrClN3O/c12-7-3-5-14-9(6-7)16-11(17)8-2-1-4-15-10(8)13/h1-6H,(H,14,16,17). The maximum atomic E-state index is 11.9. The van der Waals surface area contributed by atoms with Gasteiger partial charge in [-0.3, -0.25) is 4.79 Å². The number of hydrogen-bond donors (Lipinski definition) is 1. The van der Waals surface area contributed by atoms with Crippen LogP contribution in [0.5, 0.6) is 0 Å². The van der Waals surface area contributed by atoms with Crippen LogP contribution in [0.25, 0.3) is 0 Å². The number of nitrogens with one attached hydrogen (secondary N) is 1. The van der Waals surface area contributed by atoms with E-state index >= 15 is 0 Å². The van der Waals surface area contributed by atoms with Crippen molar-refractivity contribution in [3.05, 3.63) is 51.8 Å². The molecule has 4 nitrogen and oxygen atoms in total. The van der Waals surface area contributed by atoms with Crippen LogP contribution in [0.2, 0.25) is 5.15 Å². The Bertz CT molecular complexity index is 562. The molecule has 17 heavy (non-hydrogen) atoms. The highest BCUT2D eigenvalue weighted by atomic mass is 79.9. The zero-order chi connectivity index (χ0) is 12.3. The number of pyridine rings is 2. The summed E-state index contributed by atoms with van der Waals surface area (Å²) in [6.07, 6.45) is 3.11. The summed E-state index contributed by atoms with van der Waals surface area (Å²) in [7, 11) is 0. The summed E-state index contributed by atoms with van der Waals surface area (Å²) < 4.78 is 0.833. The predicted octanol–water partition coefficient (Wildman–Crippen LogP) is 3.14. The Labute approximate surface area is 111 Å². The van der Waals surface area contributed by atoms with Gasteiger partial charge in [-0.25, -0.2) is 9.97 Å². The third kappa shape index (κ3) is 3.01. The van der Waals surface area contributed by atoms with Crippen molar-refractivity contribution < 1.29 is 4.79 Å². The van der Waals surface area contributed by atoms with E-state index < -0.39 is 0 Å². The summed E-state index contributed by atoms with van der Waals surface area (Å²) in [5.74, 6) is 0.109. The fraction of sp³-hybridized carbons (Fsp3) is 0. The molecule has 0 fully saturated rings. The molecule has 0 radical (unpaired) electrons. The van der Waals surface area contributed by atoms with Crippen molar-refractivity contribution in [1.82, 2.24) is 9.97 Å². The fourth-order valence-corrected chi connectivity index (χ4v) is 1.75. The molecule has 6 heteroatoms. The highest BCUT2D eigenvalue weighted by molar-refractivity contribution is 9.10. The largest absolute Gasteiger partial charge is 0.306 e. The molecular weight excluding hydrogens is 305 g/mol. The van der Waals surface area contributed by atoms with Gasteiger partial charge < -0.3 is 5.32 Å². The normalized spacial score (nSPS) is 10.0. The second-order valence-corrected chi connectivity index (χ2v) is 4.43. The van der Waals surface area contributed by atoms with Gasteiger partial charge in [-0.1, -0.05) is 27.5 Å². The molecule has 0 saturated heterocycles. The molecule has 0 aliphatic rings. The van der Waals surface area contributed by atoms with Crippen LogP contribution in [0.3, 0.4) is 0 Å². The molecular formula is C11H7BrClN3O. The minimum atomic E-state index is -0.339. The number of rotatable bonds is 2. The maximum absolute atomic E-state index is 11.9. The zero-order valence-corrected chi connectivity index (χ0v) is 10.9. The molecule has 1 amide bonds. The molecule has 2 rings (SSSR count). The van der Waals surface area contributed by atoms with Crippen molar-refractivity contribution in [2.75, 3.05) is 5.32 Å². The average Bonchev–Trinajstić information content (AvgIpc) is 2.29. The summed E-state index contributed by atoms with van der Waals surface area (Å²) in [5.41, 5.74) is 0.316. The van der Waals surface area contributed by atoms with Crippen molar-refractivity contribution in [3.63, 3.8) is 0 Å². The molecule has 0 aliphatic carbocycles. The second kappa shape index (κ2) is 5.25. The summed E-state index contributed by atoms with van der Waals surface area (Å²) in [5, 5.41) is 2.80. The van der Waals surface area contributed by atoms with Crippen molar-refractivity contribution in [3.8, 4) is 0 Å². The van der Waals surface area contributed by atoms with Crippen molar-refractivity contribution >= 4 is 39.3 Å². The van der Waals surface area contributed by atoms with Gasteiger partial charge in [-0.2, -0.15) is 0 Å². The van der Waals surface area contributed by atoms with E-state index in [1.54, 1.807) is 30.5 Å². The summed E-state index contributed by atoms with van der Waals surface area (Å²) in [6, 6.07) is 6.71. The Kier molecular flexibility index (Phi) is 3.71. The first-order valence-electron chi connectivity index (χ1n) is 4.70. The molecule has 0 bridgehead atoms. The van der Waals surface area contributed by atoms with Gasteiger partial charge in [0.25, 0.3) is 5.91 Å². The van der Waals surface area contributed by atoms with E-state index in [0.717, 1.165) is 4.47 Å². The molecule has 0 unspecified atom stereocenters. The zero-order valence-electron chi connectivity index (χ0n) is 8.52. The van der Waals surface area contributed by atoms with E-state index in [9.17, 15) is 4.79 Å². The highest BCUT2D eigenvalue weighted by Crippen LogP contribution is 2.16. The van der Waals surface area contributed by atoms with Gasteiger partial charge >= 0.3 is 0 Å². The number of aromatic nitrogens is 2. The van der Waals surface area contributed by atoms with Gasteiger partial charge in [0.15, 0.2) is 0 Å². The molecule has 2 aromatic heterocycles. The van der Waals surface area contributed by atoms with Crippen LogP contribution in [0.1, 0.15) is 10.4 Å². The first kappa shape index (κ1) is 12.0. The van der Waals surface area contributed by atoms with Crippen molar-refractivity contribution in [2.24, 2.45) is 0 Å². The molecule has 0 spiro atoms. The van der Waals surface area contributed by atoms with Crippen LogP contribution in [-0.2, 0) is 0 Å². The lowest BCUT2D eigenvalue weighted by Crippen LogP contribution is -2.13. The first-order chi connectivity index (χ1) is 8.16. The van der Waals surface area contributed by atoms with Gasteiger partial charge in [-0.05, 0) is 24.3 Å². The molecule has 1 N–H and O–H groups in total. The van der Waals surface area contributed by atoms with Crippen LogP contribution >= 0.6 is 27.5 Å². The van der Waals surface area contributed by atoms with E-state index in [-0.39, 0.29) is 11.1 Å². The van der Waals surface area contributed by atoms with E-state index in [4.69, 9.17) is 11.6 Å². The monoisotopic (exact) mass is 311 g/mol. The Morgan fingerprint density at radius 2 is 2.12 bits per heavy atom. The Balaban J connectivity index is 2.20. The van der Waals surface area contributed by atoms with E-state index in [1.165, 1.54) is 6.20 Å². The van der Waals surface area contributed by atoms with Crippen LogP contribution in [0, 0.1) is 0 Å². The lowest BCUT2D eigenvalue weighted by Gasteiger charge is -2.05. The number of hydrogen-bond acceptors (Lipinski definition) is 3. The first-order valence-corrected chi connectivity index (χ1v) is 5.87. The molecule has 0 aromatic carbocycles. The SMILES string of the molecule is O=C(Nc1cc(Br)ccn1)c1cccnc1Cl. The smallest absolute Gasteiger partial charge is 0.259 e.